The molecule has 0 unspecified atom stereocenters. The zero-order chi connectivity index (χ0) is 16.7. The Kier molecular flexibility index (Phi) is 6.45. The maximum absolute atomic E-state index is 11.6. The Morgan fingerprint density at radius 3 is 2.41 bits per heavy atom. The maximum atomic E-state index is 11.6. The van der Waals surface area contributed by atoms with Crippen LogP contribution in [0.15, 0.2) is 42.6 Å². The highest BCUT2D eigenvalue weighted by Crippen LogP contribution is 2.33. The Morgan fingerprint density at radius 1 is 1.27 bits per heavy atom. The van der Waals surface area contributed by atoms with Gasteiger partial charge in [-0.2, -0.15) is 0 Å². The number of benzene rings is 1. The Hall–Kier alpha value is -2.49. The summed E-state index contributed by atoms with van der Waals surface area (Å²) >= 11 is 0. The SMILES string of the molecule is C\C=C/C=C\C(=C/N)c1cc(C(C)C)c(OC)cc1C(=O)O. The first kappa shape index (κ1) is 17.6. The molecule has 0 heterocycles. The fourth-order valence-electron chi connectivity index (χ4n) is 2.15. The third kappa shape index (κ3) is 4.01. The smallest absolute Gasteiger partial charge is 0.336 e. The van der Waals surface area contributed by atoms with Gasteiger partial charge in [0.2, 0.25) is 0 Å². The lowest BCUT2D eigenvalue weighted by Crippen LogP contribution is -2.06. The largest absolute Gasteiger partial charge is 0.496 e. The molecule has 0 amide bonds. The fraction of sp³-hybridized carbons (Fsp3) is 0.278. The molecule has 4 nitrogen and oxygen atoms in total. The minimum Gasteiger partial charge on any atom is -0.496 e. The van der Waals surface area contributed by atoms with E-state index in [-0.39, 0.29) is 11.5 Å². The lowest BCUT2D eigenvalue weighted by molar-refractivity contribution is 0.0696. The molecule has 0 radical (unpaired) electrons. The second kappa shape index (κ2) is 8.08. The van der Waals surface area contributed by atoms with Gasteiger partial charge in [0, 0.05) is 6.20 Å². The minimum atomic E-state index is -1.01. The number of carboxylic acid groups (broad SMARTS) is 1. The first-order valence-corrected chi connectivity index (χ1v) is 7.13. The van der Waals surface area contributed by atoms with E-state index in [2.05, 4.69) is 0 Å². The molecule has 118 valence electrons. The van der Waals surface area contributed by atoms with Gasteiger partial charge >= 0.3 is 5.97 Å². The average molecular weight is 301 g/mol. The molecular weight excluding hydrogens is 278 g/mol. The highest BCUT2D eigenvalue weighted by molar-refractivity contribution is 5.96. The summed E-state index contributed by atoms with van der Waals surface area (Å²) in [6, 6.07) is 3.39. The van der Waals surface area contributed by atoms with E-state index < -0.39 is 5.97 Å². The van der Waals surface area contributed by atoms with Crippen molar-refractivity contribution in [2.24, 2.45) is 5.73 Å². The van der Waals surface area contributed by atoms with Gasteiger partial charge in [-0.15, -0.1) is 0 Å². The number of ether oxygens (including phenoxy) is 1. The number of carbonyl (C=O) groups is 1. The van der Waals surface area contributed by atoms with Gasteiger partial charge in [0.1, 0.15) is 5.75 Å². The third-order valence-electron chi connectivity index (χ3n) is 3.29. The van der Waals surface area contributed by atoms with Crippen LogP contribution in [0.1, 0.15) is 48.2 Å². The van der Waals surface area contributed by atoms with Gasteiger partial charge in [-0.05, 0) is 41.7 Å². The Labute approximate surface area is 131 Å². The van der Waals surface area contributed by atoms with E-state index in [0.29, 0.717) is 16.9 Å². The van der Waals surface area contributed by atoms with Gasteiger partial charge in [-0.3, -0.25) is 0 Å². The number of aromatic carboxylic acids is 1. The predicted molar refractivity (Wildman–Crippen MR) is 90.2 cm³/mol. The van der Waals surface area contributed by atoms with Crippen LogP contribution in [-0.2, 0) is 0 Å². The summed E-state index contributed by atoms with van der Waals surface area (Å²) in [5, 5.41) is 9.47. The first-order valence-electron chi connectivity index (χ1n) is 7.13. The summed E-state index contributed by atoms with van der Waals surface area (Å²) in [6.45, 7) is 5.97. The van der Waals surface area contributed by atoms with Gasteiger partial charge in [0.25, 0.3) is 0 Å². The monoisotopic (exact) mass is 301 g/mol. The third-order valence-corrected chi connectivity index (χ3v) is 3.29. The highest BCUT2D eigenvalue weighted by atomic mass is 16.5. The van der Waals surface area contributed by atoms with E-state index in [4.69, 9.17) is 10.5 Å². The zero-order valence-electron chi connectivity index (χ0n) is 13.5. The van der Waals surface area contributed by atoms with Gasteiger partial charge in [-0.25, -0.2) is 4.79 Å². The van der Waals surface area contributed by atoms with Crippen molar-refractivity contribution >= 4 is 11.5 Å². The number of allylic oxidation sites excluding steroid dienone is 5. The lowest BCUT2D eigenvalue weighted by atomic mass is 9.92. The van der Waals surface area contributed by atoms with Crippen molar-refractivity contribution in [1.82, 2.24) is 0 Å². The number of rotatable bonds is 6. The van der Waals surface area contributed by atoms with Crippen LogP contribution in [0, 0.1) is 0 Å². The normalized spacial score (nSPS) is 12.5. The summed E-state index contributed by atoms with van der Waals surface area (Å²) < 4.78 is 5.32. The van der Waals surface area contributed by atoms with Crippen LogP contribution < -0.4 is 10.5 Å². The Morgan fingerprint density at radius 2 is 1.95 bits per heavy atom. The number of methoxy groups -OCH3 is 1. The van der Waals surface area contributed by atoms with Gasteiger partial charge < -0.3 is 15.6 Å². The summed E-state index contributed by atoms with van der Waals surface area (Å²) in [4.78, 5) is 11.6. The summed E-state index contributed by atoms with van der Waals surface area (Å²) in [5.41, 5.74) is 8.04. The van der Waals surface area contributed by atoms with E-state index >= 15 is 0 Å². The van der Waals surface area contributed by atoms with E-state index in [9.17, 15) is 9.90 Å². The summed E-state index contributed by atoms with van der Waals surface area (Å²) in [6.07, 6.45) is 8.77. The average Bonchev–Trinajstić information content (AvgIpc) is 2.50. The van der Waals surface area contributed by atoms with Crippen molar-refractivity contribution in [2.75, 3.05) is 7.11 Å². The number of hydrogen-bond donors (Lipinski definition) is 2. The van der Waals surface area contributed by atoms with Crippen molar-refractivity contribution in [1.29, 1.82) is 0 Å². The van der Waals surface area contributed by atoms with Crippen molar-refractivity contribution in [2.45, 2.75) is 26.7 Å². The van der Waals surface area contributed by atoms with Gasteiger partial charge in [0.05, 0.1) is 12.7 Å². The molecule has 0 fully saturated rings. The van der Waals surface area contributed by atoms with E-state index in [1.165, 1.54) is 13.3 Å². The number of nitrogens with two attached hydrogens (primary N) is 1. The molecule has 3 N–H and O–H groups in total. The van der Waals surface area contributed by atoms with Crippen LogP contribution in [0.2, 0.25) is 0 Å². The number of hydrogen-bond acceptors (Lipinski definition) is 3. The minimum absolute atomic E-state index is 0.170. The van der Waals surface area contributed by atoms with Crippen molar-refractivity contribution in [3.8, 4) is 5.75 Å². The topological polar surface area (TPSA) is 72.5 Å². The lowest BCUT2D eigenvalue weighted by Gasteiger charge is -2.16. The van der Waals surface area contributed by atoms with Crippen LogP contribution in [0.5, 0.6) is 5.75 Å². The van der Waals surface area contributed by atoms with Crippen LogP contribution >= 0.6 is 0 Å². The zero-order valence-corrected chi connectivity index (χ0v) is 13.5. The molecule has 0 aliphatic rings. The van der Waals surface area contributed by atoms with Gasteiger partial charge in [-0.1, -0.05) is 38.2 Å². The van der Waals surface area contributed by atoms with Crippen LogP contribution in [-0.4, -0.2) is 18.2 Å². The quantitative estimate of drug-likeness (QED) is 0.780. The summed E-state index contributed by atoms with van der Waals surface area (Å²) in [5.74, 6) is -0.234. The van der Waals surface area contributed by atoms with Crippen molar-refractivity contribution in [3.05, 3.63) is 59.3 Å². The molecule has 1 rings (SSSR count). The van der Waals surface area contributed by atoms with E-state index in [0.717, 1.165) is 5.56 Å². The van der Waals surface area contributed by atoms with E-state index in [1.807, 2.05) is 45.1 Å². The predicted octanol–water partition coefficient (Wildman–Crippen LogP) is 3.95. The standard InChI is InChI=1S/C18H23NO3/c1-5-6-7-8-13(11-19)15-9-14(12(2)3)17(22-4)10-16(15)18(20)21/h5-12H,19H2,1-4H3,(H,20,21)/b6-5-,8-7-,13-11+. The fourth-order valence-corrected chi connectivity index (χ4v) is 2.15. The molecule has 4 heteroatoms. The molecule has 1 aromatic rings. The van der Waals surface area contributed by atoms with Crippen molar-refractivity contribution in [3.63, 3.8) is 0 Å². The highest BCUT2D eigenvalue weighted by Gasteiger charge is 2.18. The second-order valence-corrected chi connectivity index (χ2v) is 5.11. The molecule has 0 saturated carbocycles. The van der Waals surface area contributed by atoms with E-state index in [1.54, 1.807) is 12.1 Å². The van der Waals surface area contributed by atoms with Crippen LogP contribution in [0.4, 0.5) is 0 Å². The first-order chi connectivity index (χ1) is 10.5. The Balaban J connectivity index is 3.55. The molecule has 0 aliphatic heterocycles. The molecule has 22 heavy (non-hydrogen) atoms. The molecule has 1 aromatic carbocycles. The van der Waals surface area contributed by atoms with Crippen LogP contribution in [0.25, 0.3) is 5.57 Å². The van der Waals surface area contributed by atoms with Crippen molar-refractivity contribution < 1.29 is 14.6 Å². The maximum Gasteiger partial charge on any atom is 0.336 e. The van der Waals surface area contributed by atoms with Gasteiger partial charge in [0.15, 0.2) is 0 Å². The molecule has 0 atom stereocenters. The molecular formula is C18H23NO3. The second-order valence-electron chi connectivity index (χ2n) is 5.11. The number of carboxylic acids is 1. The molecule has 0 spiro atoms. The molecule has 0 aromatic heterocycles. The summed E-state index contributed by atoms with van der Waals surface area (Å²) in [7, 11) is 1.54. The molecule has 0 saturated heterocycles. The molecule has 0 aliphatic carbocycles. The molecule has 0 bridgehead atoms. The van der Waals surface area contributed by atoms with Crippen LogP contribution in [0.3, 0.4) is 0 Å². The Bertz CT molecular complexity index is 625.